The van der Waals surface area contributed by atoms with Gasteiger partial charge in [0.15, 0.2) is 0 Å². The van der Waals surface area contributed by atoms with Crippen LogP contribution in [0.5, 0.6) is 0 Å². The first-order chi connectivity index (χ1) is 49.4. The molecule has 0 aromatic rings. The zero-order valence-electron chi connectivity index (χ0n) is 63.1. The van der Waals surface area contributed by atoms with E-state index in [9.17, 15) is 93.2 Å². The van der Waals surface area contributed by atoms with E-state index in [-0.39, 0.29) is 124 Å². The molecule has 4 unspecified atom stereocenters. The van der Waals surface area contributed by atoms with Crippen molar-refractivity contribution in [3.8, 4) is 0 Å². The van der Waals surface area contributed by atoms with Crippen molar-refractivity contribution >= 4 is 17.9 Å². The minimum atomic E-state index is -1.09. The SMILES string of the molecule is C.CCCC/C=C\C[C@@H]1[C@@H](/C=C/C(O)CCCC[C@H](C)O)[C@H](O)C[C@H]1F.C[C@@H](O)CCCC(O)/C=C/[C@@H]1[C@@H](C/C=C\CCCC(=O)O)[C@H](F)C[C@H]1O.C[C@@H](O)CCCC(O)/C=C/[C@@H]1[C@@H](C/C=C\CCCC(=O)O)[C@H](F)C[C@H]1O.C[C@H](O)CCCCC(O)/C=C/[C@@H]1[C@@H](C/C=C\CCCC(=O)O)[C@H](F)C[C@H]1O. The van der Waals surface area contributed by atoms with Gasteiger partial charge in [-0.25, -0.2) is 17.6 Å². The Morgan fingerprint density at radius 3 is 0.762 bits per heavy atom. The minimum absolute atomic E-state index is 0. The number of aliphatic carboxylic acids is 3. The van der Waals surface area contributed by atoms with Gasteiger partial charge in [0.05, 0.1) is 73.2 Å². The quantitative estimate of drug-likeness (QED) is 0.0153. The number of aliphatic hydroxyl groups is 12. The Balaban J connectivity index is 0.00000137. The van der Waals surface area contributed by atoms with Crippen LogP contribution in [0.25, 0.3) is 0 Å². The third-order valence-corrected chi connectivity index (χ3v) is 20.0. The largest absolute Gasteiger partial charge is 0.481 e. The Hall–Kier alpha value is -4.43. The Kier molecular flexibility index (Phi) is 57.8. The Labute approximate surface area is 626 Å². The number of aliphatic hydroxyl groups excluding tert-OH is 12. The van der Waals surface area contributed by atoms with Crippen LogP contribution in [0.4, 0.5) is 17.6 Å². The molecule has 610 valence electrons. The fourth-order valence-electron chi connectivity index (χ4n) is 13.8. The standard InChI is InChI=1S/C21H35FO5.C21H37FO3.2C20H33FO5.CH4/c1-15(23)8-6-7-9-16(24)12-13-18-17(19(22)14-20(18)25)10-4-2-3-5-11-21(26)27;1-3-4-5-6-7-12-18-19(21(25)15-20(18)22)14-13-17(24)11-9-8-10-16(2)23;2*1-14(22)7-6-8-15(23)11-12-17-16(18(21)13-19(17)24)9-4-2-3-5-10-20(25)26;/h2,4,12-13,15-20,23-25H,3,5-11,14H2,1H3,(H,26,27);6-7,13-14,16-21,23-25H,3-5,8-12,15H2,1-2H3;2*2,4,11-12,14-19,22-24H,3,5-10,13H2,1H3,(H,25,26);1H4/b4-2-,13-12+;7-6-,14-13+;2*4-2-,12-11+;/t15-,16?,17+,18+,19+,20+;16-,17?,18+,19+,20+,21+;2*14-,15?,16-,17-,18-,19-;/m0011./s1. The molecular weight excluding hydrogens is 1360 g/mol. The number of allylic oxidation sites excluding steroid dienone is 8. The molecule has 0 aromatic heterocycles. The van der Waals surface area contributed by atoms with E-state index in [0.717, 1.165) is 51.4 Å². The lowest BCUT2D eigenvalue weighted by Gasteiger charge is -2.19. The molecule has 0 heterocycles. The first-order valence-corrected chi connectivity index (χ1v) is 39.1. The third-order valence-electron chi connectivity index (χ3n) is 20.0. The van der Waals surface area contributed by atoms with Gasteiger partial charge in [0.2, 0.25) is 0 Å². The van der Waals surface area contributed by atoms with E-state index >= 15 is 0 Å². The van der Waals surface area contributed by atoms with Crippen molar-refractivity contribution in [3.63, 3.8) is 0 Å². The van der Waals surface area contributed by atoms with E-state index in [2.05, 4.69) is 13.0 Å². The molecule has 18 nitrogen and oxygen atoms in total. The minimum Gasteiger partial charge on any atom is -0.481 e. The zero-order valence-corrected chi connectivity index (χ0v) is 63.1. The second kappa shape index (κ2) is 60.4. The highest BCUT2D eigenvalue weighted by molar-refractivity contribution is 5.67. The lowest BCUT2D eigenvalue weighted by atomic mass is 9.90. The van der Waals surface area contributed by atoms with Crippen molar-refractivity contribution in [2.24, 2.45) is 47.3 Å². The molecule has 24 atom stereocenters. The monoisotopic (exact) mass is 1500 g/mol. The molecule has 0 bridgehead atoms. The van der Waals surface area contributed by atoms with Crippen LogP contribution < -0.4 is 0 Å². The summed E-state index contributed by atoms with van der Waals surface area (Å²) in [6.07, 6.45) is 37.5. The smallest absolute Gasteiger partial charge is 0.303 e. The number of alkyl halides is 4. The van der Waals surface area contributed by atoms with Crippen LogP contribution in [0, 0.1) is 47.3 Å². The van der Waals surface area contributed by atoms with E-state index in [0.29, 0.717) is 122 Å². The second-order valence-electron chi connectivity index (χ2n) is 29.7. The van der Waals surface area contributed by atoms with Crippen LogP contribution in [0.15, 0.2) is 97.2 Å². The molecule has 0 amide bonds. The predicted molar refractivity (Wildman–Crippen MR) is 408 cm³/mol. The summed E-state index contributed by atoms with van der Waals surface area (Å²) >= 11 is 0. The van der Waals surface area contributed by atoms with Gasteiger partial charge in [-0.05, 0) is 163 Å². The number of carboxylic acid groups (broad SMARTS) is 3. The number of carboxylic acids is 3. The van der Waals surface area contributed by atoms with Crippen molar-refractivity contribution in [2.45, 2.75) is 358 Å². The number of carbonyl (C=O) groups is 3. The van der Waals surface area contributed by atoms with Crippen molar-refractivity contribution in [3.05, 3.63) is 97.2 Å². The molecule has 4 aliphatic carbocycles. The van der Waals surface area contributed by atoms with Crippen LogP contribution in [0.3, 0.4) is 0 Å². The van der Waals surface area contributed by atoms with Gasteiger partial charge in [-0.2, -0.15) is 0 Å². The molecule has 0 radical (unpaired) electrons. The van der Waals surface area contributed by atoms with Gasteiger partial charge in [-0.3, -0.25) is 14.4 Å². The highest BCUT2D eigenvalue weighted by atomic mass is 19.1. The van der Waals surface area contributed by atoms with Crippen LogP contribution in [-0.2, 0) is 14.4 Å². The predicted octanol–water partition coefficient (Wildman–Crippen LogP) is 14.3. The summed E-state index contributed by atoms with van der Waals surface area (Å²) in [5.41, 5.74) is 0. The van der Waals surface area contributed by atoms with Crippen molar-refractivity contribution in [1.29, 1.82) is 0 Å². The Bertz CT molecular complexity index is 2370. The highest BCUT2D eigenvalue weighted by Gasteiger charge is 2.44. The Morgan fingerprint density at radius 2 is 0.543 bits per heavy atom. The van der Waals surface area contributed by atoms with Gasteiger partial charge in [0, 0.05) is 92.3 Å². The summed E-state index contributed by atoms with van der Waals surface area (Å²) in [6.45, 7) is 9.07. The summed E-state index contributed by atoms with van der Waals surface area (Å²) < 4.78 is 56.8. The average molecular weight is 1500 g/mol. The maximum absolute atomic E-state index is 14.2. The van der Waals surface area contributed by atoms with Gasteiger partial charge < -0.3 is 76.6 Å². The van der Waals surface area contributed by atoms with Crippen molar-refractivity contribution in [1.82, 2.24) is 0 Å². The van der Waals surface area contributed by atoms with Gasteiger partial charge in [-0.1, -0.05) is 150 Å². The molecule has 0 saturated heterocycles. The summed E-state index contributed by atoms with van der Waals surface area (Å²) in [5.74, 6) is -4.87. The first kappa shape index (κ1) is 101. The van der Waals surface area contributed by atoms with Gasteiger partial charge >= 0.3 is 17.9 Å². The third kappa shape index (κ3) is 48.7. The highest BCUT2D eigenvalue weighted by Crippen LogP contribution is 2.42. The van der Waals surface area contributed by atoms with E-state index in [1.807, 2.05) is 48.6 Å². The number of rotatable bonds is 49. The van der Waals surface area contributed by atoms with Crippen LogP contribution in [0.2, 0.25) is 0 Å². The van der Waals surface area contributed by atoms with Crippen LogP contribution in [0.1, 0.15) is 260 Å². The fourth-order valence-corrected chi connectivity index (χ4v) is 13.8. The van der Waals surface area contributed by atoms with Crippen molar-refractivity contribution in [2.75, 3.05) is 0 Å². The number of unbranched alkanes of at least 4 members (excludes halogenated alkanes) is 7. The average Bonchev–Trinajstić information content (AvgIpc) is 1.72. The van der Waals surface area contributed by atoms with Gasteiger partial charge in [-0.15, -0.1) is 0 Å². The van der Waals surface area contributed by atoms with E-state index in [1.165, 1.54) is 0 Å². The van der Waals surface area contributed by atoms with E-state index in [1.54, 1.807) is 70.2 Å². The summed E-state index contributed by atoms with van der Waals surface area (Å²) in [5, 5.41) is 143. The van der Waals surface area contributed by atoms with Gasteiger partial charge in [0.1, 0.15) is 24.7 Å². The molecular formula is C83H142F4O18. The maximum atomic E-state index is 14.2. The molecule has 15 N–H and O–H groups in total. The number of halogens is 4. The summed E-state index contributed by atoms with van der Waals surface area (Å²) in [7, 11) is 0. The summed E-state index contributed by atoms with van der Waals surface area (Å²) in [6, 6.07) is 0. The maximum Gasteiger partial charge on any atom is 0.303 e. The van der Waals surface area contributed by atoms with Crippen LogP contribution in [-0.4, -0.2) is 192 Å². The van der Waals surface area contributed by atoms with Crippen molar-refractivity contribution < 1.29 is 109 Å². The molecule has 4 aliphatic rings. The molecule has 4 fully saturated rings. The fraction of sp³-hybridized carbons (Fsp3) is 0.771. The molecule has 4 rings (SSSR count). The molecule has 22 heteroatoms. The lowest BCUT2D eigenvalue weighted by molar-refractivity contribution is -0.138. The second-order valence-corrected chi connectivity index (χ2v) is 29.7. The number of hydrogen-bond acceptors (Lipinski definition) is 15. The lowest BCUT2D eigenvalue weighted by Crippen LogP contribution is -2.19. The molecule has 4 saturated carbocycles. The Morgan fingerprint density at radius 1 is 0.333 bits per heavy atom. The van der Waals surface area contributed by atoms with E-state index < -0.39 is 91.4 Å². The molecule has 105 heavy (non-hydrogen) atoms. The molecule has 0 aliphatic heterocycles. The number of hydrogen-bond donors (Lipinski definition) is 15. The normalized spacial score (nSPS) is 28.6. The topological polar surface area (TPSA) is 355 Å². The van der Waals surface area contributed by atoms with E-state index in [4.69, 9.17) is 15.3 Å². The first-order valence-electron chi connectivity index (χ1n) is 39.1. The van der Waals surface area contributed by atoms with Crippen LogP contribution >= 0.6 is 0 Å². The summed E-state index contributed by atoms with van der Waals surface area (Å²) in [4.78, 5) is 31.4. The zero-order chi connectivity index (χ0) is 77.9. The molecule has 0 aromatic carbocycles. The van der Waals surface area contributed by atoms with Gasteiger partial charge in [0.25, 0.3) is 0 Å². The molecule has 0 spiro atoms.